The Morgan fingerprint density at radius 2 is 1.62 bits per heavy atom. The van der Waals surface area contributed by atoms with Gasteiger partial charge in [-0.1, -0.05) is 31.8 Å². The monoisotopic (exact) mass is 251 g/mol. The topological polar surface area (TPSA) is 78.6 Å². The van der Waals surface area contributed by atoms with Crippen molar-refractivity contribution in [2.75, 3.05) is 6.61 Å². The minimum atomic E-state index is -3.96. The number of unbranched alkanes of at least 4 members (excludes halogenated alkanes) is 6. The molecular formula is C10H21NO4S. The van der Waals surface area contributed by atoms with Crippen molar-refractivity contribution < 1.29 is 16.9 Å². The van der Waals surface area contributed by atoms with Crippen molar-refractivity contribution >= 4 is 10.4 Å². The van der Waals surface area contributed by atoms with Gasteiger partial charge in [0.1, 0.15) is 0 Å². The largest absolute Gasteiger partial charge is 0.415 e. The summed E-state index contributed by atoms with van der Waals surface area (Å²) in [5, 5.41) is 0. The van der Waals surface area contributed by atoms with Crippen LogP contribution in [0.2, 0.25) is 0 Å². The number of rotatable bonds is 11. The minimum Gasteiger partial charge on any atom is -0.247 e. The Hall–Kier alpha value is -0.430. The molecule has 0 aliphatic rings. The van der Waals surface area contributed by atoms with Gasteiger partial charge in [-0.15, -0.1) is 6.58 Å². The fourth-order valence-corrected chi connectivity index (χ4v) is 1.66. The first-order valence-corrected chi connectivity index (χ1v) is 6.84. The summed E-state index contributed by atoms with van der Waals surface area (Å²) in [6.45, 7) is 3.79. The van der Waals surface area contributed by atoms with Crippen molar-refractivity contribution in [2.45, 2.75) is 44.9 Å². The SMILES string of the molecule is C=CCCCCCCCCOS(=O)(=O)ON. The van der Waals surface area contributed by atoms with Crippen LogP contribution in [0.4, 0.5) is 0 Å². The zero-order chi connectivity index (χ0) is 12.3. The second-order valence-electron chi connectivity index (χ2n) is 3.53. The van der Waals surface area contributed by atoms with E-state index in [-0.39, 0.29) is 6.61 Å². The van der Waals surface area contributed by atoms with Gasteiger partial charge in [0.15, 0.2) is 0 Å². The Morgan fingerprint density at radius 1 is 1.06 bits per heavy atom. The van der Waals surface area contributed by atoms with Gasteiger partial charge in [0.25, 0.3) is 0 Å². The molecule has 0 aliphatic carbocycles. The van der Waals surface area contributed by atoms with Crippen LogP contribution < -0.4 is 5.90 Å². The summed E-state index contributed by atoms with van der Waals surface area (Å²) in [6, 6.07) is 0. The predicted octanol–water partition coefficient (Wildman–Crippen LogP) is 2.05. The second-order valence-corrected chi connectivity index (χ2v) is 4.77. The first-order valence-electron chi connectivity index (χ1n) is 5.51. The van der Waals surface area contributed by atoms with Gasteiger partial charge in [0.05, 0.1) is 6.61 Å². The van der Waals surface area contributed by atoms with Crippen LogP contribution in [0, 0.1) is 0 Å². The fraction of sp³-hybridized carbons (Fsp3) is 0.800. The molecule has 0 amide bonds. The average molecular weight is 251 g/mol. The molecule has 0 saturated carbocycles. The molecule has 16 heavy (non-hydrogen) atoms. The van der Waals surface area contributed by atoms with Gasteiger partial charge in [-0.2, -0.15) is 18.6 Å². The molecule has 0 heterocycles. The van der Waals surface area contributed by atoms with Gasteiger partial charge in [0, 0.05) is 0 Å². The van der Waals surface area contributed by atoms with Crippen LogP contribution in [-0.2, 0) is 18.9 Å². The number of nitrogens with two attached hydrogens (primary N) is 1. The van der Waals surface area contributed by atoms with E-state index < -0.39 is 10.4 Å². The van der Waals surface area contributed by atoms with E-state index in [4.69, 9.17) is 0 Å². The summed E-state index contributed by atoms with van der Waals surface area (Å²) in [7, 11) is -3.96. The summed E-state index contributed by atoms with van der Waals surface area (Å²) in [5.74, 6) is 4.49. The lowest BCUT2D eigenvalue weighted by Gasteiger charge is -2.02. The summed E-state index contributed by atoms with van der Waals surface area (Å²) in [6.07, 6.45) is 9.25. The van der Waals surface area contributed by atoms with E-state index in [2.05, 4.69) is 20.9 Å². The van der Waals surface area contributed by atoms with Crippen molar-refractivity contribution in [1.82, 2.24) is 0 Å². The molecule has 0 bridgehead atoms. The maximum absolute atomic E-state index is 10.6. The van der Waals surface area contributed by atoms with E-state index in [1.165, 1.54) is 12.8 Å². The van der Waals surface area contributed by atoms with Crippen molar-refractivity contribution in [1.29, 1.82) is 0 Å². The smallest absolute Gasteiger partial charge is 0.247 e. The highest BCUT2D eigenvalue weighted by atomic mass is 32.3. The molecule has 6 heteroatoms. The van der Waals surface area contributed by atoms with E-state index in [0.29, 0.717) is 6.42 Å². The van der Waals surface area contributed by atoms with Gasteiger partial charge in [-0.05, 0) is 19.3 Å². The molecule has 0 aromatic heterocycles. The Bertz CT molecular complexity index is 264. The van der Waals surface area contributed by atoms with Gasteiger partial charge >= 0.3 is 10.4 Å². The molecule has 96 valence electrons. The van der Waals surface area contributed by atoms with E-state index >= 15 is 0 Å². The highest BCUT2D eigenvalue weighted by Crippen LogP contribution is 2.07. The van der Waals surface area contributed by atoms with Crippen molar-refractivity contribution in [3.05, 3.63) is 12.7 Å². The molecule has 0 rings (SSSR count). The third kappa shape index (κ3) is 10.1. The van der Waals surface area contributed by atoms with Crippen LogP contribution in [-0.4, -0.2) is 15.0 Å². The molecule has 0 fully saturated rings. The minimum absolute atomic E-state index is 0.131. The van der Waals surface area contributed by atoms with Crippen LogP contribution in [0.15, 0.2) is 12.7 Å². The quantitative estimate of drug-likeness (QED) is 0.345. The molecule has 0 aromatic rings. The summed E-state index contributed by atoms with van der Waals surface area (Å²) < 4.78 is 29.3. The van der Waals surface area contributed by atoms with Crippen LogP contribution in [0.5, 0.6) is 0 Å². The Morgan fingerprint density at radius 3 is 2.19 bits per heavy atom. The normalized spacial score (nSPS) is 11.6. The first-order chi connectivity index (χ1) is 7.62. The highest BCUT2D eigenvalue weighted by molar-refractivity contribution is 7.81. The predicted molar refractivity (Wildman–Crippen MR) is 62.7 cm³/mol. The molecule has 0 atom stereocenters. The van der Waals surface area contributed by atoms with Crippen LogP contribution >= 0.6 is 0 Å². The molecule has 0 spiro atoms. The lowest BCUT2D eigenvalue weighted by Crippen LogP contribution is -2.14. The molecule has 0 aromatic carbocycles. The zero-order valence-electron chi connectivity index (χ0n) is 9.56. The molecule has 0 saturated heterocycles. The number of hydrogen-bond acceptors (Lipinski definition) is 5. The molecule has 5 nitrogen and oxygen atoms in total. The van der Waals surface area contributed by atoms with Gasteiger partial charge in [0.2, 0.25) is 0 Å². The number of hydrogen-bond donors (Lipinski definition) is 1. The Balaban J connectivity index is 3.19. The standard InChI is InChI=1S/C10H21NO4S/c1-2-3-4-5-6-7-8-9-10-14-16(12,13)15-11/h2H,1,3-11H2. The average Bonchev–Trinajstić information content (AvgIpc) is 2.27. The fourth-order valence-electron chi connectivity index (χ4n) is 1.29. The van der Waals surface area contributed by atoms with E-state index in [0.717, 1.165) is 25.7 Å². The zero-order valence-corrected chi connectivity index (χ0v) is 10.4. The molecular weight excluding hydrogens is 230 g/mol. The van der Waals surface area contributed by atoms with Crippen LogP contribution in [0.25, 0.3) is 0 Å². The molecule has 0 aliphatic heterocycles. The third-order valence-corrected chi connectivity index (χ3v) is 2.84. The van der Waals surface area contributed by atoms with E-state index in [1.807, 2.05) is 6.08 Å². The molecule has 0 radical (unpaired) electrons. The van der Waals surface area contributed by atoms with Crippen LogP contribution in [0.3, 0.4) is 0 Å². The molecule has 0 unspecified atom stereocenters. The first kappa shape index (κ1) is 15.6. The number of allylic oxidation sites excluding steroid dienone is 1. The maximum atomic E-state index is 10.6. The summed E-state index contributed by atoms with van der Waals surface area (Å²) in [4.78, 5) is 0. The third-order valence-electron chi connectivity index (χ3n) is 2.15. The van der Waals surface area contributed by atoms with Crippen molar-refractivity contribution in [2.24, 2.45) is 5.90 Å². The summed E-state index contributed by atoms with van der Waals surface area (Å²) >= 11 is 0. The Labute approximate surface area is 97.9 Å². The van der Waals surface area contributed by atoms with Crippen molar-refractivity contribution in [3.8, 4) is 0 Å². The second kappa shape index (κ2) is 9.77. The van der Waals surface area contributed by atoms with Gasteiger partial charge in [-0.25, -0.2) is 4.18 Å². The van der Waals surface area contributed by atoms with Crippen LogP contribution in [0.1, 0.15) is 44.9 Å². The maximum Gasteiger partial charge on any atom is 0.415 e. The Kier molecular flexibility index (Phi) is 9.51. The van der Waals surface area contributed by atoms with Gasteiger partial charge < -0.3 is 0 Å². The van der Waals surface area contributed by atoms with E-state index in [1.54, 1.807) is 0 Å². The van der Waals surface area contributed by atoms with Crippen molar-refractivity contribution in [3.63, 3.8) is 0 Å². The summed E-state index contributed by atoms with van der Waals surface area (Å²) in [5.41, 5.74) is 0. The lowest BCUT2D eigenvalue weighted by molar-refractivity contribution is 0.214. The molecule has 2 N–H and O–H groups in total. The highest BCUT2D eigenvalue weighted by Gasteiger charge is 2.08. The lowest BCUT2D eigenvalue weighted by atomic mass is 10.1. The van der Waals surface area contributed by atoms with Gasteiger partial charge in [-0.3, -0.25) is 0 Å². The van der Waals surface area contributed by atoms with E-state index in [9.17, 15) is 8.42 Å².